The summed E-state index contributed by atoms with van der Waals surface area (Å²) in [5.74, 6) is 1.59. The summed E-state index contributed by atoms with van der Waals surface area (Å²) >= 11 is 0. The molecule has 0 N–H and O–H groups in total. The number of carbonyl (C=O) groups excluding carboxylic acids is 1. The zero-order valence-corrected chi connectivity index (χ0v) is 8.91. The van der Waals surface area contributed by atoms with Crippen LogP contribution in [0.1, 0.15) is 24.2 Å². The van der Waals surface area contributed by atoms with Gasteiger partial charge in [-0.2, -0.15) is 13.2 Å². The molecule has 1 rings (SSSR count). The zero-order chi connectivity index (χ0) is 13.1. The van der Waals surface area contributed by atoms with Crippen molar-refractivity contribution in [3.63, 3.8) is 0 Å². The Balaban J connectivity index is 2.94. The second-order valence-corrected chi connectivity index (χ2v) is 3.28. The molecule has 1 aromatic carbocycles. The van der Waals surface area contributed by atoms with E-state index in [4.69, 9.17) is 11.2 Å². The molecular weight excluding hydrogens is 233 g/mol. The predicted octanol–water partition coefficient (Wildman–Crippen LogP) is 2.94. The highest BCUT2D eigenvalue weighted by Crippen LogP contribution is 2.30. The van der Waals surface area contributed by atoms with E-state index in [0.717, 1.165) is 12.1 Å². The minimum Gasteiger partial charge on any atom is -0.444 e. The molecule has 0 fully saturated rings. The van der Waals surface area contributed by atoms with Crippen LogP contribution in [0.25, 0.3) is 0 Å². The standard InChI is InChI=1S/C12H9F3O2/c1-3-11(17-8(2)16)9-4-6-10(7-5-9)12(13,14)15/h1,4-7,11H,2H3. The third kappa shape index (κ3) is 3.52. The first-order chi connectivity index (χ1) is 7.84. The van der Waals surface area contributed by atoms with Gasteiger partial charge in [-0.15, -0.1) is 6.42 Å². The molecule has 90 valence electrons. The van der Waals surface area contributed by atoms with Crippen LogP contribution in [0.15, 0.2) is 24.3 Å². The summed E-state index contributed by atoms with van der Waals surface area (Å²) in [4.78, 5) is 10.7. The molecule has 0 bridgehead atoms. The van der Waals surface area contributed by atoms with Crippen molar-refractivity contribution in [3.05, 3.63) is 35.4 Å². The number of ether oxygens (including phenoxy) is 1. The molecule has 2 nitrogen and oxygen atoms in total. The van der Waals surface area contributed by atoms with Crippen molar-refractivity contribution in [1.82, 2.24) is 0 Å². The minimum absolute atomic E-state index is 0.329. The molecule has 1 atom stereocenters. The van der Waals surface area contributed by atoms with E-state index in [-0.39, 0.29) is 0 Å². The summed E-state index contributed by atoms with van der Waals surface area (Å²) in [5.41, 5.74) is -0.449. The summed E-state index contributed by atoms with van der Waals surface area (Å²) in [6, 6.07) is 4.17. The smallest absolute Gasteiger partial charge is 0.416 e. The first-order valence-electron chi connectivity index (χ1n) is 4.65. The molecule has 0 aliphatic carbocycles. The first kappa shape index (κ1) is 13.1. The minimum atomic E-state index is -4.40. The van der Waals surface area contributed by atoms with Crippen LogP contribution in [0.5, 0.6) is 0 Å². The van der Waals surface area contributed by atoms with Crippen LogP contribution < -0.4 is 0 Å². The molecule has 17 heavy (non-hydrogen) atoms. The number of rotatable bonds is 2. The Morgan fingerprint density at radius 3 is 2.24 bits per heavy atom. The van der Waals surface area contributed by atoms with Crippen molar-refractivity contribution < 1.29 is 22.7 Å². The summed E-state index contributed by atoms with van der Waals surface area (Å²) < 4.78 is 41.6. The highest BCUT2D eigenvalue weighted by Gasteiger charge is 2.30. The van der Waals surface area contributed by atoms with Crippen LogP contribution in [-0.2, 0) is 15.7 Å². The van der Waals surface area contributed by atoms with Crippen LogP contribution in [0, 0.1) is 12.3 Å². The second kappa shape index (κ2) is 4.91. The van der Waals surface area contributed by atoms with Crippen LogP contribution in [0.3, 0.4) is 0 Å². The van der Waals surface area contributed by atoms with Gasteiger partial charge >= 0.3 is 12.1 Å². The third-order valence-corrected chi connectivity index (χ3v) is 1.98. The Morgan fingerprint density at radius 1 is 1.35 bits per heavy atom. The number of terminal acetylenes is 1. The maximum atomic E-state index is 12.3. The zero-order valence-electron chi connectivity index (χ0n) is 8.91. The van der Waals surface area contributed by atoms with Gasteiger partial charge in [-0.1, -0.05) is 18.1 Å². The van der Waals surface area contributed by atoms with Gasteiger partial charge in [0.15, 0.2) is 6.10 Å². The van der Waals surface area contributed by atoms with Gasteiger partial charge in [0, 0.05) is 12.5 Å². The van der Waals surface area contributed by atoms with E-state index in [9.17, 15) is 18.0 Å². The number of esters is 1. The topological polar surface area (TPSA) is 26.3 Å². The van der Waals surface area contributed by atoms with Crippen molar-refractivity contribution in [2.45, 2.75) is 19.2 Å². The largest absolute Gasteiger partial charge is 0.444 e. The molecule has 0 saturated heterocycles. The first-order valence-corrected chi connectivity index (χ1v) is 4.65. The van der Waals surface area contributed by atoms with Gasteiger partial charge in [-0.3, -0.25) is 4.79 Å². The fourth-order valence-corrected chi connectivity index (χ4v) is 1.21. The van der Waals surface area contributed by atoms with Crippen molar-refractivity contribution >= 4 is 5.97 Å². The monoisotopic (exact) mass is 242 g/mol. The maximum Gasteiger partial charge on any atom is 0.416 e. The normalized spacial score (nSPS) is 12.6. The van der Waals surface area contributed by atoms with E-state index in [0.29, 0.717) is 5.56 Å². The summed E-state index contributed by atoms with van der Waals surface area (Å²) in [7, 11) is 0. The van der Waals surface area contributed by atoms with Crippen molar-refractivity contribution in [2.75, 3.05) is 0 Å². The molecule has 0 aliphatic heterocycles. The molecule has 0 aliphatic rings. The number of carbonyl (C=O) groups is 1. The lowest BCUT2D eigenvalue weighted by Gasteiger charge is -2.12. The Kier molecular flexibility index (Phi) is 3.79. The number of hydrogen-bond donors (Lipinski definition) is 0. The Morgan fingerprint density at radius 2 is 1.88 bits per heavy atom. The average Bonchev–Trinajstić information content (AvgIpc) is 2.24. The molecule has 5 heteroatoms. The number of alkyl halides is 3. The molecule has 0 radical (unpaired) electrons. The van der Waals surface area contributed by atoms with E-state index in [2.05, 4.69) is 5.92 Å². The molecule has 0 spiro atoms. The van der Waals surface area contributed by atoms with Gasteiger partial charge in [0.2, 0.25) is 0 Å². The Hall–Kier alpha value is -1.96. The van der Waals surface area contributed by atoms with Gasteiger partial charge < -0.3 is 4.74 Å². The van der Waals surface area contributed by atoms with Crippen LogP contribution >= 0.6 is 0 Å². The van der Waals surface area contributed by atoms with E-state index in [1.807, 2.05) is 0 Å². The lowest BCUT2D eigenvalue weighted by molar-refractivity contribution is -0.144. The summed E-state index contributed by atoms with van der Waals surface area (Å²) in [6.45, 7) is 1.18. The van der Waals surface area contributed by atoms with Crippen LogP contribution in [0.4, 0.5) is 13.2 Å². The third-order valence-electron chi connectivity index (χ3n) is 1.98. The van der Waals surface area contributed by atoms with Crippen molar-refractivity contribution in [3.8, 4) is 12.3 Å². The lowest BCUT2D eigenvalue weighted by atomic mass is 10.1. The van der Waals surface area contributed by atoms with Gasteiger partial charge in [0.25, 0.3) is 0 Å². The van der Waals surface area contributed by atoms with Gasteiger partial charge in [-0.05, 0) is 12.1 Å². The van der Waals surface area contributed by atoms with E-state index in [1.54, 1.807) is 0 Å². The maximum absolute atomic E-state index is 12.3. The predicted molar refractivity (Wildman–Crippen MR) is 54.8 cm³/mol. The van der Waals surface area contributed by atoms with Crippen molar-refractivity contribution in [2.24, 2.45) is 0 Å². The van der Waals surface area contributed by atoms with Crippen LogP contribution in [0.2, 0.25) is 0 Å². The van der Waals surface area contributed by atoms with E-state index in [1.165, 1.54) is 19.1 Å². The highest BCUT2D eigenvalue weighted by molar-refractivity contribution is 5.66. The van der Waals surface area contributed by atoms with Gasteiger partial charge in [-0.25, -0.2) is 0 Å². The molecule has 0 amide bonds. The fourth-order valence-electron chi connectivity index (χ4n) is 1.21. The fraction of sp³-hybridized carbons (Fsp3) is 0.250. The Bertz CT molecular complexity index is 440. The lowest BCUT2D eigenvalue weighted by Crippen LogP contribution is -2.08. The van der Waals surface area contributed by atoms with Crippen molar-refractivity contribution in [1.29, 1.82) is 0 Å². The number of hydrogen-bond acceptors (Lipinski definition) is 2. The summed E-state index contributed by atoms with van der Waals surface area (Å²) in [6.07, 6.45) is -0.233. The molecule has 0 heterocycles. The molecule has 1 aromatic rings. The second-order valence-electron chi connectivity index (χ2n) is 3.28. The van der Waals surface area contributed by atoms with Crippen LogP contribution in [-0.4, -0.2) is 5.97 Å². The average molecular weight is 242 g/mol. The Labute approximate surface area is 96.4 Å². The highest BCUT2D eigenvalue weighted by atomic mass is 19.4. The summed E-state index contributed by atoms with van der Waals surface area (Å²) in [5, 5.41) is 0. The number of halogens is 3. The molecule has 1 unspecified atom stereocenters. The van der Waals surface area contributed by atoms with Gasteiger partial charge in [0.05, 0.1) is 5.56 Å². The van der Waals surface area contributed by atoms with E-state index >= 15 is 0 Å². The molecular formula is C12H9F3O2. The quantitative estimate of drug-likeness (QED) is 0.588. The SMILES string of the molecule is C#CC(OC(C)=O)c1ccc(C(F)(F)F)cc1. The molecule has 0 aromatic heterocycles. The molecule has 0 saturated carbocycles. The van der Waals surface area contributed by atoms with Gasteiger partial charge in [0.1, 0.15) is 0 Å². The number of benzene rings is 1. The van der Waals surface area contributed by atoms with E-state index < -0.39 is 23.8 Å².